The quantitative estimate of drug-likeness (QED) is 0.435. The van der Waals surface area contributed by atoms with Gasteiger partial charge in [0.05, 0.1) is 5.92 Å². The van der Waals surface area contributed by atoms with E-state index in [-0.39, 0.29) is 6.54 Å². The second kappa shape index (κ2) is 12.5. The zero-order valence-corrected chi connectivity index (χ0v) is 19.2. The number of nitrogens with one attached hydrogen (secondary N) is 3. The van der Waals surface area contributed by atoms with E-state index in [2.05, 4.69) is 16.0 Å². The van der Waals surface area contributed by atoms with E-state index in [1.807, 2.05) is 24.3 Å². The van der Waals surface area contributed by atoms with E-state index in [9.17, 15) is 19.2 Å². The summed E-state index contributed by atoms with van der Waals surface area (Å²) in [6.07, 6.45) is 4.06. The third-order valence-corrected chi connectivity index (χ3v) is 4.27. The Balaban J connectivity index is 2.58. The molecule has 0 saturated heterocycles. The number of aliphatic carboxylic acids is 1. The number of alkyl carbamates (subject to hydrolysis) is 1. The molecule has 1 aromatic carbocycles. The fourth-order valence-electron chi connectivity index (χ4n) is 2.50. The summed E-state index contributed by atoms with van der Waals surface area (Å²) >= 11 is 0. The number of anilines is 1. The molecule has 0 saturated carbocycles. The van der Waals surface area contributed by atoms with E-state index >= 15 is 0 Å². The van der Waals surface area contributed by atoms with Gasteiger partial charge in [0.1, 0.15) is 18.2 Å². The van der Waals surface area contributed by atoms with Gasteiger partial charge < -0.3 is 25.8 Å². The number of carboxylic acid groups (broad SMARTS) is 1. The maximum Gasteiger partial charge on any atom is 0.408 e. The van der Waals surface area contributed by atoms with Crippen LogP contribution in [0.3, 0.4) is 0 Å². The van der Waals surface area contributed by atoms with Gasteiger partial charge in [0.2, 0.25) is 11.8 Å². The summed E-state index contributed by atoms with van der Waals surface area (Å²) in [5.74, 6) is -2.21. The fraction of sp³-hybridized carbons (Fsp3) is 0.478. The molecule has 2 atom stereocenters. The van der Waals surface area contributed by atoms with Crippen LogP contribution in [0.15, 0.2) is 30.3 Å². The number of allylic oxidation sites excluding steroid dienone is 1. The number of benzene rings is 1. The van der Waals surface area contributed by atoms with Crippen LogP contribution in [0.1, 0.15) is 53.0 Å². The number of hydrogen-bond acceptors (Lipinski definition) is 5. The van der Waals surface area contributed by atoms with Crippen LogP contribution in [0.25, 0.3) is 6.08 Å². The fourth-order valence-corrected chi connectivity index (χ4v) is 2.50. The van der Waals surface area contributed by atoms with E-state index < -0.39 is 41.4 Å². The minimum absolute atomic E-state index is 0.319. The molecular weight excluding hydrogens is 414 g/mol. The standard InChI is InChI=1S/C23H33N3O6/c1-15(21(29)30)10-6-7-11-17-12-8-9-13-18(17)26-20(28)16(2)25-19(27)14-24-22(31)32-23(3,4)5/h7-9,11-13,15-16H,6,10,14H2,1-5H3,(H,24,31)(H,25,27)(H,26,28)(H,29,30). The summed E-state index contributed by atoms with van der Waals surface area (Å²) in [5, 5.41) is 16.6. The maximum atomic E-state index is 12.5. The molecule has 4 N–H and O–H groups in total. The first-order chi connectivity index (χ1) is 14.9. The van der Waals surface area contributed by atoms with Gasteiger partial charge >= 0.3 is 12.1 Å². The Morgan fingerprint density at radius 2 is 1.78 bits per heavy atom. The third-order valence-electron chi connectivity index (χ3n) is 4.27. The monoisotopic (exact) mass is 447 g/mol. The van der Waals surface area contributed by atoms with Crippen LogP contribution in [0.4, 0.5) is 10.5 Å². The number of rotatable bonds is 10. The van der Waals surface area contributed by atoms with Crippen molar-refractivity contribution in [3.8, 4) is 0 Å². The van der Waals surface area contributed by atoms with Crippen molar-refractivity contribution in [3.63, 3.8) is 0 Å². The average molecular weight is 448 g/mol. The molecule has 0 aliphatic heterocycles. The first-order valence-corrected chi connectivity index (χ1v) is 10.4. The highest BCUT2D eigenvalue weighted by atomic mass is 16.6. The molecule has 0 fully saturated rings. The Morgan fingerprint density at radius 3 is 2.41 bits per heavy atom. The normalized spacial score (nSPS) is 13.2. The second-order valence-electron chi connectivity index (χ2n) is 8.44. The van der Waals surface area contributed by atoms with Crippen LogP contribution in [0, 0.1) is 5.92 Å². The maximum absolute atomic E-state index is 12.5. The van der Waals surface area contributed by atoms with Gasteiger partial charge in [0.25, 0.3) is 0 Å². The Hall–Kier alpha value is -3.36. The van der Waals surface area contributed by atoms with Gasteiger partial charge in [-0.1, -0.05) is 37.3 Å². The van der Waals surface area contributed by atoms with Gasteiger partial charge in [-0.05, 0) is 52.2 Å². The van der Waals surface area contributed by atoms with Gasteiger partial charge in [-0.15, -0.1) is 0 Å². The third kappa shape index (κ3) is 10.6. The van der Waals surface area contributed by atoms with Crippen molar-refractivity contribution in [2.24, 2.45) is 5.92 Å². The van der Waals surface area contributed by atoms with Crippen LogP contribution in [0.2, 0.25) is 0 Å². The largest absolute Gasteiger partial charge is 0.481 e. The summed E-state index contributed by atoms with van der Waals surface area (Å²) in [5.41, 5.74) is 0.645. The number of hydrogen-bond donors (Lipinski definition) is 4. The molecule has 1 rings (SSSR count). The molecule has 2 unspecified atom stereocenters. The van der Waals surface area contributed by atoms with Crippen LogP contribution in [-0.2, 0) is 19.1 Å². The highest BCUT2D eigenvalue weighted by Gasteiger charge is 2.19. The van der Waals surface area contributed by atoms with Crippen molar-refractivity contribution in [2.75, 3.05) is 11.9 Å². The van der Waals surface area contributed by atoms with Crippen LogP contribution < -0.4 is 16.0 Å². The Labute approximate surface area is 188 Å². The lowest BCUT2D eigenvalue weighted by Gasteiger charge is -2.20. The summed E-state index contributed by atoms with van der Waals surface area (Å²) < 4.78 is 5.05. The van der Waals surface area contributed by atoms with E-state index in [4.69, 9.17) is 9.84 Å². The lowest BCUT2D eigenvalue weighted by Crippen LogP contribution is -2.46. The highest BCUT2D eigenvalue weighted by Crippen LogP contribution is 2.18. The smallest absolute Gasteiger partial charge is 0.408 e. The zero-order chi connectivity index (χ0) is 24.3. The van der Waals surface area contributed by atoms with Gasteiger partial charge in [-0.25, -0.2) is 4.79 Å². The number of carboxylic acids is 1. The second-order valence-corrected chi connectivity index (χ2v) is 8.44. The molecule has 0 radical (unpaired) electrons. The summed E-state index contributed by atoms with van der Waals surface area (Å²) in [4.78, 5) is 47.0. The van der Waals surface area contributed by atoms with Crippen molar-refractivity contribution >= 4 is 35.6 Å². The average Bonchev–Trinajstić information content (AvgIpc) is 2.69. The minimum Gasteiger partial charge on any atom is -0.481 e. The molecule has 9 nitrogen and oxygen atoms in total. The molecule has 0 aliphatic rings. The predicted molar refractivity (Wildman–Crippen MR) is 122 cm³/mol. The van der Waals surface area contributed by atoms with Gasteiger partial charge in [-0.2, -0.15) is 0 Å². The molecule has 32 heavy (non-hydrogen) atoms. The Morgan fingerprint density at radius 1 is 1.12 bits per heavy atom. The van der Waals surface area contributed by atoms with Gasteiger partial charge in [0, 0.05) is 5.69 Å². The van der Waals surface area contributed by atoms with Gasteiger partial charge in [0.15, 0.2) is 0 Å². The summed E-state index contributed by atoms with van der Waals surface area (Å²) in [7, 11) is 0. The zero-order valence-electron chi connectivity index (χ0n) is 19.2. The molecule has 9 heteroatoms. The molecule has 0 aromatic heterocycles. The van der Waals surface area contributed by atoms with Crippen LogP contribution in [-0.4, -0.2) is 47.2 Å². The predicted octanol–water partition coefficient (Wildman–Crippen LogP) is 3.17. The number of carbonyl (C=O) groups excluding carboxylic acids is 3. The lowest BCUT2D eigenvalue weighted by atomic mass is 10.0. The van der Waals surface area contributed by atoms with Crippen molar-refractivity contribution in [3.05, 3.63) is 35.9 Å². The van der Waals surface area contributed by atoms with E-state index in [0.29, 0.717) is 18.5 Å². The number of ether oxygens (including phenoxy) is 1. The topological polar surface area (TPSA) is 134 Å². The number of para-hydroxylation sites is 1. The summed E-state index contributed by atoms with van der Waals surface area (Å²) in [6.45, 7) is 8.00. The molecule has 0 spiro atoms. The lowest BCUT2D eigenvalue weighted by molar-refractivity contribution is -0.141. The Bertz CT molecular complexity index is 844. The molecule has 176 valence electrons. The number of carbonyl (C=O) groups is 4. The molecule has 0 heterocycles. The van der Waals surface area contributed by atoms with Gasteiger partial charge in [-0.3, -0.25) is 14.4 Å². The molecule has 1 aromatic rings. The first-order valence-electron chi connectivity index (χ1n) is 10.4. The van der Waals surface area contributed by atoms with Crippen molar-refractivity contribution in [1.29, 1.82) is 0 Å². The van der Waals surface area contributed by atoms with Crippen LogP contribution >= 0.6 is 0 Å². The molecule has 0 bridgehead atoms. The van der Waals surface area contributed by atoms with Crippen molar-refractivity contribution in [1.82, 2.24) is 10.6 Å². The van der Waals surface area contributed by atoms with Crippen molar-refractivity contribution < 1.29 is 29.0 Å². The molecule has 0 aliphatic carbocycles. The van der Waals surface area contributed by atoms with E-state index in [0.717, 1.165) is 5.56 Å². The summed E-state index contributed by atoms with van der Waals surface area (Å²) in [6, 6.07) is 6.31. The minimum atomic E-state index is -0.837. The molecular formula is C23H33N3O6. The van der Waals surface area contributed by atoms with Crippen molar-refractivity contribution in [2.45, 2.75) is 59.1 Å². The van der Waals surface area contributed by atoms with Crippen LogP contribution in [0.5, 0.6) is 0 Å². The van der Waals surface area contributed by atoms with E-state index in [1.165, 1.54) is 6.92 Å². The molecule has 3 amide bonds. The SMILES string of the molecule is CC(CCC=Cc1ccccc1NC(=O)C(C)NC(=O)CNC(=O)OC(C)(C)C)C(=O)O. The van der Waals surface area contributed by atoms with E-state index in [1.54, 1.807) is 39.8 Å². The Kier molecular flexibility index (Phi) is 10.4. The first kappa shape index (κ1) is 26.7. The number of amides is 3. The highest BCUT2D eigenvalue weighted by molar-refractivity contribution is 5.98.